The van der Waals surface area contributed by atoms with Crippen molar-refractivity contribution in [3.63, 3.8) is 0 Å². The number of carbonyl (C=O) groups excluding carboxylic acids is 1. The van der Waals surface area contributed by atoms with Crippen LogP contribution in [-0.2, 0) is 24.3 Å². The molecule has 2 N–H and O–H groups in total. The van der Waals surface area contributed by atoms with Gasteiger partial charge in [0, 0.05) is 11.1 Å². The lowest BCUT2D eigenvalue weighted by Crippen LogP contribution is -3.06. The molecule has 0 bridgehead atoms. The molecule has 1 atom stereocenters. The van der Waals surface area contributed by atoms with Crippen LogP contribution in [0.1, 0.15) is 21.8 Å². The number of aromatic nitrogens is 1. The predicted octanol–water partition coefficient (Wildman–Crippen LogP) is 3.64. The largest absolute Gasteiger partial charge is 0.328 e. The molecule has 3 aromatic rings. The summed E-state index contributed by atoms with van der Waals surface area (Å²) in [6, 6.07) is 12.4. The smallest absolute Gasteiger partial charge is 0.231 e. The van der Waals surface area contributed by atoms with Crippen LogP contribution < -0.4 is 10.2 Å². The van der Waals surface area contributed by atoms with Crippen molar-refractivity contribution in [1.82, 2.24) is 4.98 Å². The van der Waals surface area contributed by atoms with E-state index in [0.29, 0.717) is 23.7 Å². The van der Waals surface area contributed by atoms with Crippen LogP contribution in [-0.4, -0.2) is 17.9 Å². The third-order valence-corrected chi connectivity index (χ3v) is 5.52. The molecule has 0 radical (unpaired) electrons. The number of benzene rings is 2. The fraction of sp³-hybridized carbons (Fsp3) is 0.238. The minimum atomic E-state index is -0.293. The highest BCUT2D eigenvalue weighted by molar-refractivity contribution is 7.09. The van der Waals surface area contributed by atoms with Crippen molar-refractivity contribution in [3.8, 4) is 0 Å². The normalized spacial score (nSPS) is 12.0. The standard InChI is InChI=1S/C21H21ClFN3OS/c1-14-6-8-15(9-7-14)24-20(27)10-21-25-16(13-28-21)11-26(2)12-17-18(22)4-3-5-19(17)23/h3-9,13H,10-12H2,1-2H3,(H,24,27)/p+1. The van der Waals surface area contributed by atoms with Gasteiger partial charge in [0.05, 0.1) is 24.1 Å². The lowest BCUT2D eigenvalue weighted by Gasteiger charge is -2.14. The second-order valence-electron chi connectivity index (χ2n) is 6.83. The van der Waals surface area contributed by atoms with Gasteiger partial charge in [-0.15, -0.1) is 11.3 Å². The van der Waals surface area contributed by atoms with Crippen LogP contribution in [0, 0.1) is 12.7 Å². The summed E-state index contributed by atoms with van der Waals surface area (Å²) in [4.78, 5) is 17.8. The van der Waals surface area contributed by atoms with Crippen LogP contribution in [0.25, 0.3) is 0 Å². The Kier molecular flexibility index (Phi) is 6.78. The molecule has 0 fully saturated rings. The lowest BCUT2D eigenvalue weighted by molar-refractivity contribution is -0.908. The number of carbonyl (C=O) groups is 1. The van der Waals surface area contributed by atoms with E-state index in [4.69, 9.17) is 11.6 Å². The van der Waals surface area contributed by atoms with Gasteiger partial charge in [0.2, 0.25) is 5.91 Å². The van der Waals surface area contributed by atoms with Gasteiger partial charge in [0.1, 0.15) is 29.6 Å². The average Bonchev–Trinajstić information content (AvgIpc) is 3.07. The summed E-state index contributed by atoms with van der Waals surface area (Å²) < 4.78 is 13.9. The van der Waals surface area contributed by atoms with Crippen LogP contribution in [0.4, 0.5) is 10.1 Å². The van der Waals surface area contributed by atoms with Crippen LogP contribution in [0.3, 0.4) is 0 Å². The van der Waals surface area contributed by atoms with Crippen molar-refractivity contribution in [1.29, 1.82) is 0 Å². The maximum Gasteiger partial charge on any atom is 0.231 e. The lowest BCUT2D eigenvalue weighted by atomic mass is 10.2. The molecule has 0 saturated heterocycles. The summed E-state index contributed by atoms with van der Waals surface area (Å²) >= 11 is 7.56. The molecule has 1 unspecified atom stereocenters. The number of amides is 1. The van der Waals surface area contributed by atoms with Gasteiger partial charge >= 0.3 is 0 Å². The van der Waals surface area contributed by atoms with Crippen LogP contribution in [0.5, 0.6) is 0 Å². The molecule has 0 aliphatic carbocycles. The number of nitrogens with zero attached hydrogens (tertiary/aromatic N) is 1. The third-order valence-electron chi connectivity index (χ3n) is 4.27. The fourth-order valence-corrected chi connectivity index (χ4v) is 3.89. The van der Waals surface area contributed by atoms with E-state index in [0.717, 1.165) is 26.9 Å². The Bertz CT molecular complexity index is 938. The number of anilines is 1. The van der Waals surface area contributed by atoms with E-state index in [1.165, 1.54) is 17.4 Å². The summed E-state index contributed by atoms with van der Waals surface area (Å²) in [6.07, 6.45) is 0.233. The number of hydrogen-bond acceptors (Lipinski definition) is 3. The molecule has 4 nitrogen and oxygen atoms in total. The van der Waals surface area contributed by atoms with E-state index in [9.17, 15) is 9.18 Å². The minimum absolute atomic E-state index is 0.0939. The highest BCUT2D eigenvalue weighted by Gasteiger charge is 2.15. The van der Waals surface area contributed by atoms with Crippen molar-refractivity contribution in [2.75, 3.05) is 12.4 Å². The first-order valence-corrected chi connectivity index (χ1v) is 10.2. The van der Waals surface area contributed by atoms with Gasteiger partial charge in [-0.2, -0.15) is 0 Å². The molecular formula is C21H22ClFN3OS+. The Morgan fingerprint density at radius 2 is 1.96 bits per heavy atom. The van der Waals surface area contributed by atoms with Gasteiger partial charge in [-0.1, -0.05) is 35.4 Å². The van der Waals surface area contributed by atoms with Crippen molar-refractivity contribution in [2.45, 2.75) is 26.4 Å². The summed E-state index contributed by atoms with van der Waals surface area (Å²) in [5.74, 6) is -0.387. The molecule has 0 saturated carbocycles. The first-order valence-electron chi connectivity index (χ1n) is 8.94. The van der Waals surface area contributed by atoms with Crippen molar-refractivity contribution in [3.05, 3.63) is 80.5 Å². The molecule has 146 valence electrons. The van der Waals surface area contributed by atoms with Crippen molar-refractivity contribution < 1.29 is 14.1 Å². The molecule has 1 aromatic heterocycles. The highest BCUT2D eigenvalue weighted by Crippen LogP contribution is 2.18. The SMILES string of the molecule is Cc1ccc(NC(=O)Cc2nc(C[NH+](C)Cc3c(F)cccc3Cl)cs2)cc1. The van der Waals surface area contributed by atoms with E-state index in [1.54, 1.807) is 12.1 Å². The van der Waals surface area contributed by atoms with Gasteiger partial charge in [0.25, 0.3) is 0 Å². The van der Waals surface area contributed by atoms with E-state index < -0.39 is 0 Å². The van der Waals surface area contributed by atoms with E-state index >= 15 is 0 Å². The van der Waals surface area contributed by atoms with E-state index in [-0.39, 0.29) is 18.1 Å². The maximum atomic E-state index is 13.9. The number of thiazole rings is 1. The Morgan fingerprint density at radius 1 is 1.21 bits per heavy atom. The highest BCUT2D eigenvalue weighted by atomic mass is 35.5. The molecule has 1 heterocycles. The summed E-state index contributed by atoms with van der Waals surface area (Å²) in [6.45, 7) is 3.09. The zero-order chi connectivity index (χ0) is 20.1. The summed E-state index contributed by atoms with van der Waals surface area (Å²) in [5, 5.41) is 6.02. The summed E-state index contributed by atoms with van der Waals surface area (Å²) in [5.41, 5.74) is 3.31. The molecular weight excluding hydrogens is 397 g/mol. The van der Waals surface area contributed by atoms with Gasteiger partial charge in [-0.25, -0.2) is 9.37 Å². The maximum absolute atomic E-state index is 13.9. The zero-order valence-corrected chi connectivity index (χ0v) is 17.3. The second kappa shape index (κ2) is 9.28. The Hall–Kier alpha value is -2.28. The molecule has 28 heavy (non-hydrogen) atoms. The van der Waals surface area contributed by atoms with Gasteiger partial charge in [-0.3, -0.25) is 4.79 Å². The van der Waals surface area contributed by atoms with Gasteiger partial charge in [-0.05, 0) is 31.2 Å². The van der Waals surface area contributed by atoms with Crippen LogP contribution in [0.15, 0.2) is 47.8 Å². The van der Waals surface area contributed by atoms with Crippen molar-refractivity contribution >= 4 is 34.5 Å². The molecule has 0 aliphatic heterocycles. The van der Waals surface area contributed by atoms with Crippen LogP contribution >= 0.6 is 22.9 Å². The van der Waals surface area contributed by atoms with Crippen molar-refractivity contribution in [2.24, 2.45) is 0 Å². The van der Waals surface area contributed by atoms with E-state index in [1.807, 2.05) is 43.6 Å². The first kappa shape index (κ1) is 20.5. The quantitative estimate of drug-likeness (QED) is 0.615. The first-order chi connectivity index (χ1) is 13.4. The third kappa shape index (κ3) is 5.61. The Balaban J connectivity index is 1.54. The molecule has 1 amide bonds. The average molecular weight is 419 g/mol. The number of aryl methyl sites for hydroxylation is 1. The summed E-state index contributed by atoms with van der Waals surface area (Å²) in [7, 11) is 1.96. The topological polar surface area (TPSA) is 46.4 Å². The number of nitrogens with one attached hydrogen (secondary N) is 2. The van der Waals surface area contributed by atoms with Gasteiger partial charge < -0.3 is 10.2 Å². The minimum Gasteiger partial charge on any atom is -0.328 e. The molecule has 2 aromatic carbocycles. The Morgan fingerprint density at radius 3 is 2.68 bits per heavy atom. The number of quaternary nitrogens is 1. The molecule has 3 rings (SSSR count). The molecule has 0 aliphatic rings. The monoisotopic (exact) mass is 418 g/mol. The van der Waals surface area contributed by atoms with Crippen LogP contribution in [0.2, 0.25) is 5.02 Å². The predicted molar refractivity (Wildman–Crippen MR) is 111 cm³/mol. The zero-order valence-electron chi connectivity index (χ0n) is 15.8. The fourth-order valence-electron chi connectivity index (χ4n) is 2.87. The van der Waals surface area contributed by atoms with E-state index in [2.05, 4.69) is 10.3 Å². The Labute approximate surface area is 173 Å². The van der Waals surface area contributed by atoms with Gasteiger partial charge in [0.15, 0.2) is 0 Å². The molecule has 7 heteroatoms. The number of rotatable bonds is 7. The number of halogens is 2. The second-order valence-corrected chi connectivity index (χ2v) is 8.18. The number of hydrogen-bond donors (Lipinski definition) is 2. The molecule has 0 spiro atoms.